The lowest BCUT2D eigenvalue weighted by molar-refractivity contribution is -0.140. The Morgan fingerprint density at radius 2 is 1.67 bits per heavy atom. The number of carbonyl (C=O) groups excluding carboxylic acids is 2. The Bertz CT molecular complexity index is 1100. The van der Waals surface area contributed by atoms with E-state index in [1.54, 1.807) is 0 Å². The molecular formula is C24H24ClN3O2. The van der Waals surface area contributed by atoms with E-state index in [0.717, 1.165) is 33.5 Å². The van der Waals surface area contributed by atoms with Crippen molar-refractivity contribution in [2.45, 2.75) is 18.8 Å². The lowest BCUT2D eigenvalue weighted by atomic mass is 10.1. The van der Waals surface area contributed by atoms with Crippen molar-refractivity contribution in [1.29, 1.82) is 0 Å². The Hall–Kier alpha value is -2.79. The van der Waals surface area contributed by atoms with Crippen molar-refractivity contribution >= 4 is 34.3 Å². The maximum Gasteiger partial charge on any atom is 0.227 e. The van der Waals surface area contributed by atoms with Crippen LogP contribution in [0.5, 0.6) is 0 Å². The highest BCUT2D eigenvalue weighted by Crippen LogP contribution is 2.50. The normalized spacial score (nSPS) is 21.1. The summed E-state index contributed by atoms with van der Waals surface area (Å²) in [6.07, 6.45) is 3.17. The molecule has 2 unspecified atom stereocenters. The number of aromatic nitrogens is 1. The van der Waals surface area contributed by atoms with Gasteiger partial charge in [0.1, 0.15) is 0 Å². The van der Waals surface area contributed by atoms with Gasteiger partial charge in [-0.3, -0.25) is 9.59 Å². The van der Waals surface area contributed by atoms with Gasteiger partial charge in [0.25, 0.3) is 0 Å². The third-order valence-electron chi connectivity index (χ3n) is 6.37. The topological polar surface area (TPSA) is 56.4 Å². The molecule has 1 aliphatic heterocycles. The zero-order valence-electron chi connectivity index (χ0n) is 16.7. The van der Waals surface area contributed by atoms with Gasteiger partial charge in [-0.1, -0.05) is 48.0 Å². The van der Waals surface area contributed by atoms with Crippen molar-refractivity contribution < 1.29 is 9.59 Å². The molecule has 6 heteroatoms. The van der Waals surface area contributed by atoms with Crippen LogP contribution in [0.1, 0.15) is 23.5 Å². The molecule has 2 heterocycles. The van der Waals surface area contributed by atoms with Crippen molar-refractivity contribution in [3.05, 3.63) is 70.9 Å². The number of hydrogen-bond donors (Lipinski definition) is 1. The minimum atomic E-state index is 0.0263. The highest BCUT2D eigenvalue weighted by atomic mass is 35.5. The van der Waals surface area contributed by atoms with E-state index in [4.69, 9.17) is 11.6 Å². The summed E-state index contributed by atoms with van der Waals surface area (Å²) in [5, 5.41) is 1.84. The second kappa shape index (κ2) is 7.80. The predicted molar refractivity (Wildman–Crippen MR) is 117 cm³/mol. The van der Waals surface area contributed by atoms with Gasteiger partial charge in [0, 0.05) is 54.2 Å². The first-order chi connectivity index (χ1) is 14.6. The van der Waals surface area contributed by atoms with E-state index in [9.17, 15) is 9.59 Å². The Balaban J connectivity index is 1.16. The van der Waals surface area contributed by atoms with Crippen molar-refractivity contribution in [1.82, 2.24) is 14.8 Å². The van der Waals surface area contributed by atoms with Crippen LogP contribution >= 0.6 is 11.6 Å². The summed E-state index contributed by atoms with van der Waals surface area (Å²) < 4.78 is 0. The molecule has 2 atom stereocenters. The van der Waals surface area contributed by atoms with Gasteiger partial charge < -0.3 is 14.8 Å². The van der Waals surface area contributed by atoms with Crippen LogP contribution in [0.4, 0.5) is 0 Å². The summed E-state index contributed by atoms with van der Waals surface area (Å²) in [6.45, 7) is 2.39. The van der Waals surface area contributed by atoms with Gasteiger partial charge in [0.15, 0.2) is 0 Å². The molecule has 3 aromatic rings. The van der Waals surface area contributed by atoms with Crippen LogP contribution in [0.25, 0.3) is 10.9 Å². The monoisotopic (exact) mass is 421 g/mol. The fraction of sp³-hybridized carbons (Fsp3) is 0.333. The SMILES string of the molecule is O=C(Cc1c[nH]c2ccccc12)N1CCN(C(=O)C2CC2c2ccccc2Cl)CC1. The highest BCUT2D eigenvalue weighted by Gasteiger charge is 2.46. The summed E-state index contributed by atoms with van der Waals surface area (Å²) in [5.74, 6) is 0.571. The lowest BCUT2D eigenvalue weighted by Crippen LogP contribution is -2.51. The molecule has 0 bridgehead atoms. The molecule has 2 amide bonds. The Labute approximate surface area is 180 Å². The van der Waals surface area contributed by atoms with Crippen LogP contribution in [0, 0.1) is 5.92 Å². The number of piperazine rings is 1. The van der Waals surface area contributed by atoms with E-state index >= 15 is 0 Å². The van der Waals surface area contributed by atoms with Gasteiger partial charge >= 0.3 is 0 Å². The number of amides is 2. The summed E-state index contributed by atoms with van der Waals surface area (Å²) in [4.78, 5) is 32.7. The largest absolute Gasteiger partial charge is 0.361 e. The first-order valence-electron chi connectivity index (χ1n) is 10.5. The first kappa shape index (κ1) is 19.2. The molecule has 1 saturated heterocycles. The average molecular weight is 422 g/mol. The van der Waals surface area contributed by atoms with E-state index in [1.807, 2.05) is 64.5 Å². The zero-order valence-corrected chi connectivity index (χ0v) is 17.4. The first-order valence-corrected chi connectivity index (χ1v) is 10.9. The molecule has 1 aliphatic carbocycles. The van der Waals surface area contributed by atoms with Gasteiger partial charge in [-0.25, -0.2) is 0 Å². The van der Waals surface area contributed by atoms with Gasteiger partial charge in [-0.2, -0.15) is 0 Å². The number of H-pyrrole nitrogens is 1. The van der Waals surface area contributed by atoms with E-state index in [1.165, 1.54) is 0 Å². The molecule has 1 saturated carbocycles. The predicted octanol–water partition coefficient (Wildman–Crippen LogP) is 3.84. The smallest absolute Gasteiger partial charge is 0.227 e. The third kappa shape index (κ3) is 3.58. The van der Waals surface area contributed by atoms with Crippen LogP contribution in [0.3, 0.4) is 0 Å². The summed E-state index contributed by atoms with van der Waals surface area (Å²) in [6, 6.07) is 15.8. The van der Waals surface area contributed by atoms with Crippen molar-refractivity contribution in [2.24, 2.45) is 5.92 Å². The van der Waals surface area contributed by atoms with Crippen molar-refractivity contribution in [3.8, 4) is 0 Å². The quantitative estimate of drug-likeness (QED) is 0.695. The minimum Gasteiger partial charge on any atom is -0.361 e. The molecule has 2 fully saturated rings. The number of nitrogens with zero attached hydrogens (tertiary/aromatic N) is 2. The molecule has 5 rings (SSSR count). The molecule has 0 radical (unpaired) electrons. The number of rotatable bonds is 4. The number of aromatic amines is 1. The molecule has 2 aliphatic rings. The summed E-state index contributed by atoms with van der Waals surface area (Å²) >= 11 is 6.29. The van der Waals surface area contributed by atoms with E-state index < -0.39 is 0 Å². The minimum absolute atomic E-state index is 0.0263. The van der Waals surface area contributed by atoms with Gasteiger partial charge in [-0.05, 0) is 35.6 Å². The molecule has 2 aromatic carbocycles. The standard InChI is InChI=1S/C24H24ClN3O2/c25-21-7-3-1-6-18(21)19-14-20(19)24(30)28-11-9-27(10-12-28)23(29)13-16-15-26-22-8-4-2-5-17(16)22/h1-8,15,19-20,26H,9-14H2. The molecule has 5 nitrogen and oxygen atoms in total. The summed E-state index contributed by atoms with van der Waals surface area (Å²) in [7, 11) is 0. The third-order valence-corrected chi connectivity index (χ3v) is 6.72. The summed E-state index contributed by atoms with van der Waals surface area (Å²) in [5.41, 5.74) is 3.15. The number of nitrogens with one attached hydrogen (secondary N) is 1. The highest BCUT2D eigenvalue weighted by molar-refractivity contribution is 6.31. The Morgan fingerprint density at radius 3 is 2.47 bits per heavy atom. The Kier molecular flexibility index (Phi) is 4.99. The van der Waals surface area contributed by atoms with Crippen LogP contribution in [0.15, 0.2) is 54.7 Å². The van der Waals surface area contributed by atoms with Gasteiger partial charge in [0.2, 0.25) is 11.8 Å². The number of fused-ring (bicyclic) bond motifs is 1. The molecule has 0 spiro atoms. The maximum absolute atomic E-state index is 12.9. The second-order valence-electron chi connectivity index (χ2n) is 8.21. The van der Waals surface area contributed by atoms with Crippen LogP contribution in [0.2, 0.25) is 5.02 Å². The maximum atomic E-state index is 12.9. The average Bonchev–Trinajstić information content (AvgIpc) is 3.47. The van der Waals surface area contributed by atoms with Crippen LogP contribution < -0.4 is 0 Å². The fourth-order valence-corrected chi connectivity index (χ4v) is 4.83. The number of benzene rings is 2. The van der Waals surface area contributed by atoms with Gasteiger partial charge in [-0.15, -0.1) is 0 Å². The number of para-hydroxylation sites is 1. The van der Waals surface area contributed by atoms with Crippen LogP contribution in [-0.4, -0.2) is 52.8 Å². The number of carbonyl (C=O) groups is 2. The zero-order chi connectivity index (χ0) is 20.7. The van der Waals surface area contributed by atoms with Crippen molar-refractivity contribution in [2.75, 3.05) is 26.2 Å². The fourth-order valence-electron chi connectivity index (χ4n) is 4.55. The second-order valence-corrected chi connectivity index (χ2v) is 8.62. The van der Waals surface area contributed by atoms with E-state index in [-0.39, 0.29) is 23.7 Å². The van der Waals surface area contributed by atoms with Gasteiger partial charge in [0.05, 0.1) is 6.42 Å². The number of hydrogen-bond acceptors (Lipinski definition) is 2. The van der Waals surface area contributed by atoms with Crippen LogP contribution in [-0.2, 0) is 16.0 Å². The molecule has 1 aromatic heterocycles. The molecule has 1 N–H and O–H groups in total. The Morgan fingerprint density at radius 1 is 0.967 bits per heavy atom. The number of halogens is 1. The molecule has 154 valence electrons. The molecular weight excluding hydrogens is 398 g/mol. The lowest BCUT2D eigenvalue weighted by Gasteiger charge is -2.35. The van der Waals surface area contributed by atoms with E-state index in [2.05, 4.69) is 4.98 Å². The van der Waals surface area contributed by atoms with Crippen molar-refractivity contribution in [3.63, 3.8) is 0 Å². The molecule has 30 heavy (non-hydrogen) atoms. The van der Waals surface area contributed by atoms with E-state index in [0.29, 0.717) is 32.6 Å².